The first kappa shape index (κ1) is 19.1. The Labute approximate surface area is 165 Å². The number of ether oxygens (including phenoxy) is 1. The summed E-state index contributed by atoms with van der Waals surface area (Å²) in [4.78, 5) is 37.9. The van der Waals surface area contributed by atoms with Crippen LogP contribution >= 0.6 is 15.9 Å². The second-order valence-electron chi connectivity index (χ2n) is 6.32. The van der Waals surface area contributed by atoms with E-state index in [1.807, 2.05) is 30.3 Å². The number of rotatable bonds is 6. The zero-order valence-electron chi connectivity index (χ0n) is 14.6. The predicted molar refractivity (Wildman–Crippen MR) is 104 cm³/mol. The van der Waals surface area contributed by atoms with Crippen molar-refractivity contribution in [3.05, 3.63) is 64.6 Å². The van der Waals surface area contributed by atoms with Crippen molar-refractivity contribution in [2.24, 2.45) is 5.92 Å². The van der Waals surface area contributed by atoms with E-state index in [9.17, 15) is 14.4 Å². The first-order valence-electron chi connectivity index (χ1n) is 8.55. The molecule has 0 aliphatic carbocycles. The van der Waals surface area contributed by atoms with E-state index in [1.165, 1.54) is 0 Å². The van der Waals surface area contributed by atoms with Gasteiger partial charge in [0, 0.05) is 29.7 Å². The molecule has 6 nitrogen and oxygen atoms in total. The summed E-state index contributed by atoms with van der Waals surface area (Å²) >= 11 is 3.32. The van der Waals surface area contributed by atoms with E-state index in [2.05, 4.69) is 21.2 Å². The second-order valence-corrected chi connectivity index (χ2v) is 7.24. The highest BCUT2D eigenvalue weighted by Gasteiger charge is 2.35. The van der Waals surface area contributed by atoms with Crippen LogP contribution in [0.2, 0.25) is 0 Å². The molecule has 2 amide bonds. The molecule has 1 heterocycles. The Morgan fingerprint density at radius 1 is 1.11 bits per heavy atom. The van der Waals surface area contributed by atoms with Crippen molar-refractivity contribution in [1.82, 2.24) is 4.90 Å². The van der Waals surface area contributed by atoms with Crippen molar-refractivity contribution in [1.29, 1.82) is 0 Å². The van der Waals surface area contributed by atoms with Gasteiger partial charge in [0.2, 0.25) is 5.91 Å². The van der Waals surface area contributed by atoms with Crippen LogP contribution in [0.15, 0.2) is 59.1 Å². The van der Waals surface area contributed by atoms with Crippen LogP contribution in [0, 0.1) is 5.92 Å². The molecular weight excluding hydrogens is 412 g/mol. The van der Waals surface area contributed by atoms with E-state index < -0.39 is 17.8 Å². The van der Waals surface area contributed by atoms with Crippen molar-refractivity contribution in [3.63, 3.8) is 0 Å². The lowest BCUT2D eigenvalue weighted by Gasteiger charge is -2.16. The van der Waals surface area contributed by atoms with Gasteiger partial charge in [0.05, 0.1) is 5.92 Å². The number of likely N-dealkylation sites (tertiary alicyclic amines) is 1. The maximum absolute atomic E-state index is 12.2. The van der Waals surface area contributed by atoms with Gasteiger partial charge in [-0.2, -0.15) is 0 Å². The van der Waals surface area contributed by atoms with Gasteiger partial charge in [-0.3, -0.25) is 14.4 Å². The smallest absolute Gasteiger partial charge is 0.311 e. The first-order chi connectivity index (χ1) is 13.0. The highest BCUT2D eigenvalue weighted by Crippen LogP contribution is 2.21. The standard InChI is InChI=1S/C20H19BrN2O4/c21-16-6-8-17(9-7-16)22-18(24)13-27-20(26)15-10-19(25)23(12-15)11-14-4-2-1-3-5-14/h1-9,15H,10-13H2,(H,22,24)/t15-/m1/s1. The molecule has 0 saturated carbocycles. The van der Waals surface area contributed by atoms with Crippen molar-refractivity contribution in [3.8, 4) is 0 Å². The number of halogens is 1. The summed E-state index contributed by atoms with van der Waals surface area (Å²) < 4.78 is 5.99. The molecule has 3 rings (SSSR count). The number of nitrogens with zero attached hydrogens (tertiary/aromatic N) is 1. The van der Waals surface area contributed by atoms with E-state index in [-0.39, 0.29) is 18.9 Å². The zero-order valence-corrected chi connectivity index (χ0v) is 16.1. The van der Waals surface area contributed by atoms with Crippen LogP contribution in [0.4, 0.5) is 5.69 Å². The van der Waals surface area contributed by atoms with Gasteiger partial charge in [-0.15, -0.1) is 0 Å². The molecule has 1 aliphatic heterocycles. The van der Waals surface area contributed by atoms with E-state index in [0.29, 0.717) is 18.8 Å². The molecule has 0 aromatic heterocycles. The predicted octanol–water partition coefficient (Wildman–Crippen LogP) is 2.98. The molecule has 0 spiro atoms. The van der Waals surface area contributed by atoms with Gasteiger partial charge < -0.3 is 15.0 Å². The molecule has 1 fully saturated rings. The minimum absolute atomic E-state index is 0.0832. The van der Waals surface area contributed by atoms with Crippen LogP contribution < -0.4 is 5.32 Å². The number of benzene rings is 2. The Balaban J connectivity index is 1.46. The quantitative estimate of drug-likeness (QED) is 0.714. The number of hydrogen-bond acceptors (Lipinski definition) is 4. The molecule has 1 N–H and O–H groups in total. The molecule has 2 aromatic rings. The number of amides is 2. The number of esters is 1. The highest BCUT2D eigenvalue weighted by atomic mass is 79.9. The number of nitrogens with one attached hydrogen (secondary N) is 1. The lowest BCUT2D eigenvalue weighted by atomic mass is 10.1. The zero-order chi connectivity index (χ0) is 19.2. The van der Waals surface area contributed by atoms with Crippen LogP contribution in [0.5, 0.6) is 0 Å². The molecule has 1 atom stereocenters. The molecule has 7 heteroatoms. The van der Waals surface area contributed by atoms with E-state index in [1.54, 1.807) is 29.2 Å². The normalized spacial score (nSPS) is 16.3. The minimum Gasteiger partial charge on any atom is -0.455 e. The molecule has 0 unspecified atom stereocenters. The number of carbonyl (C=O) groups is 3. The van der Waals surface area contributed by atoms with Crippen LogP contribution in [0.1, 0.15) is 12.0 Å². The van der Waals surface area contributed by atoms with Crippen LogP contribution in [-0.2, 0) is 25.7 Å². The molecule has 0 bridgehead atoms. The Hall–Kier alpha value is -2.67. The largest absolute Gasteiger partial charge is 0.455 e. The van der Waals surface area contributed by atoms with Gasteiger partial charge in [0.1, 0.15) is 0 Å². The van der Waals surface area contributed by atoms with Crippen molar-refractivity contribution in [2.75, 3.05) is 18.5 Å². The summed E-state index contributed by atoms with van der Waals surface area (Å²) in [5.74, 6) is -1.57. The van der Waals surface area contributed by atoms with Gasteiger partial charge in [-0.1, -0.05) is 46.3 Å². The highest BCUT2D eigenvalue weighted by molar-refractivity contribution is 9.10. The summed E-state index contributed by atoms with van der Waals surface area (Å²) in [6.45, 7) is 0.396. The monoisotopic (exact) mass is 430 g/mol. The fourth-order valence-electron chi connectivity index (χ4n) is 2.87. The maximum atomic E-state index is 12.2. The number of carbonyl (C=O) groups excluding carboxylic acids is 3. The van der Waals surface area contributed by atoms with Crippen LogP contribution in [0.3, 0.4) is 0 Å². The molecular formula is C20H19BrN2O4. The van der Waals surface area contributed by atoms with Gasteiger partial charge in [0.25, 0.3) is 5.91 Å². The summed E-state index contributed by atoms with van der Waals surface area (Å²) in [7, 11) is 0. The van der Waals surface area contributed by atoms with Gasteiger partial charge >= 0.3 is 5.97 Å². The third-order valence-electron chi connectivity index (χ3n) is 4.24. The molecule has 27 heavy (non-hydrogen) atoms. The van der Waals surface area contributed by atoms with Crippen LogP contribution in [0.25, 0.3) is 0 Å². The third-order valence-corrected chi connectivity index (χ3v) is 4.77. The fourth-order valence-corrected chi connectivity index (χ4v) is 3.14. The summed E-state index contributed by atoms with van der Waals surface area (Å²) in [5.41, 5.74) is 1.62. The summed E-state index contributed by atoms with van der Waals surface area (Å²) in [5, 5.41) is 2.65. The molecule has 0 radical (unpaired) electrons. The van der Waals surface area contributed by atoms with E-state index in [0.717, 1.165) is 10.0 Å². The van der Waals surface area contributed by atoms with Crippen LogP contribution in [-0.4, -0.2) is 35.8 Å². The lowest BCUT2D eigenvalue weighted by molar-refractivity contribution is -0.151. The Morgan fingerprint density at radius 2 is 1.81 bits per heavy atom. The van der Waals surface area contributed by atoms with E-state index in [4.69, 9.17) is 4.74 Å². The summed E-state index contributed by atoms with van der Waals surface area (Å²) in [6, 6.07) is 16.7. The van der Waals surface area contributed by atoms with Crippen molar-refractivity contribution >= 4 is 39.4 Å². The summed E-state index contributed by atoms with van der Waals surface area (Å²) in [6.07, 6.45) is 0.111. The SMILES string of the molecule is O=C(COC(=O)[C@@H]1CC(=O)N(Cc2ccccc2)C1)Nc1ccc(Br)cc1. The van der Waals surface area contributed by atoms with Gasteiger partial charge in [0.15, 0.2) is 6.61 Å². The minimum atomic E-state index is -0.540. The fraction of sp³-hybridized carbons (Fsp3) is 0.250. The Bertz CT molecular complexity index is 824. The molecule has 1 aliphatic rings. The third kappa shape index (κ3) is 5.40. The van der Waals surface area contributed by atoms with Gasteiger partial charge in [-0.25, -0.2) is 0 Å². The molecule has 2 aromatic carbocycles. The Kier molecular flexibility index (Phi) is 6.24. The lowest BCUT2D eigenvalue weighted by Crippen LogP contribution is -2.28. The second kappa shape index (κ2) is 8.81. The molecule has 140 valence electrons. The molecule has 1 saturated heterocycles. The number of anilines is 1. The van der Waals surface area contributed by atoms with Gasteiger partial charge in [-0.05, 0) is 29.8 Å². The van der Waals surface area contributed by atoms with Crippen molar-refractivity contribution < 1.29 is 19.1 Å². The Morgan fingerprint density at radius 3 is 2.52 bits per heavy atom. The van der Waals surface area contributed by atoms with E-state index >= 15 is 0 Å². The number of hydrogen-bond donors (Lipinski definition) is 1. The van der Waals surface area contributed by atoms with Crippen molar-refractivity contribution in [2.45, 2.75) is 13.0 Å². The first-order valence-corrected chi connectivity index (χ1v) is 9.34. The maximum Gasteiger partial charge on any atom is 0.311 e. The topological polar surface area (TPSA) is 75.7 Å². The average molecular weight is 431 g/mol. The average Bonchev–Trinajstić information content (AvgIpc) is 3.03.